The first-order valence-corrected chi connectivity index (χ1v) is 13.0. The number of hydrogen-bond donors (Lipinski definition) is 0. The number of sulfonamides is 1. The van der Waals surface area contributed by atoms with Crippen LogP contribution >= 0.6 is 22.9 Å². The monoisotopic (exact) mass is 473 g/mol. The average molecular weight is 474 g/mol. The molecule has 2 aromatic rings. The van der Waals surface area contributed by atoms with E-state index < -0.39 is 15.8 Å². The van der Waals surface area contributed by atoms with E-state index in [0.717, 1.165) is 40.4 Å². The van der Waals surface area contributed by atoms with Crippen LogP contribution in [0.5, 0.6) is 0 Å². The highest BCUT2D eigenvalue weighted by atomic mass is 35.5. The molecular formula is C18H24ClN5O4S2. The van der Waals surface area contributed by atoms with Crippen molar-refractivity contribution in [3.05, 3.63) is 16.2 Å². The molecule has 0 bridgehead atoms. The van der Waals surface area contributed by atoms with Crippen molar-refractivity contribution in [2.75, 3.05) is 63.6 Å². The second-order valence-electron chi connectivity index (χ2n) is 7.96. The molecule has 1 spiro atoms. The third-order valence-electron chi connectivity index (χ3n) is 5.86. The number of ether oxygens (including phenoxy) is 2. The third-order valence-corrected chi connectivity index (χ3v) is 8.44. The molecule has 2 aromatic heterocycles. The summed E-state index contributed by atoms with van der Waals surface area (Å²) >= 11 is 7.90. The number of piperazine rings is 1. The maximum Gasteiger partial charge on any atom is 0.224 e. The van der Waals surface area contributed by atoms with Gasteiger partial charge >= 0.3 is 0 Å². The van der Waals surface area contributed by atoms with E-state index in [1.807, 2.05) is 0 Å². The van der Waals surface area contributed by atoms with Crippen molar-refractivity contribution in [3.63, 3.8) is 0 Å². The Morgan fingerprint density at radius 1 is 1.17 bits per heavy atom. The quantitative estimate of drug-likeness (QED) is 0.615. The fraction of sp³-hybridized carbons (Fsp3) is 0.667. The minimum Gasteiger partial charge on any atom is -0.350 e. The summed E-state index contributed by atoms with van der Waals surface area (Å²) in [6, 6.07) is 2.06. The molecule has 3 aliphatic rings. The van der Waals surface area contributed by atoms with Crippen molar-refractivity contribution >= 4 is 49.0 Å². The van der Waals surface area contributed by atoms with Crippen LogP contribution < -0.4 is 4.90 Å². The van der Waals surface area contributed by atoms with Gasteiger partial charge in [-0.15, -0.1) is 11.3 Å². The molecule has 0 saturated carbocycles. The van der Waals surface area contributed by atoms with Gasteiger partial charge in [-0.2, -0.15) is 9.29 Å². The highest BCUT2D eigenvalue weighted by Crippen LogP contribution is 2.38. The van der Waals surface area contributed by atoms with Crippen LogP contribution in [0.2, 0.25) is 5.28 Å². The Hall–Kier alpha value is -1.08. The minimum absolute atomic E-state index is 0.234. The SMILES string of the molecule is CS(=O)(=O)N1CCN(Cc2cc3nc(Cl)nc(N4CCC5(C4)OCCO5)c3s2)CC1. The summed E-state index contributed by atoms with van der Waals surface area (Å²) in [7, 11) is -3.12. The molecule has 5 heterocycles. The largest absolute Gasteiger partial charge is 0.350 e. The lowest BCUT2D eigenvalue weighted by Crippen LogP contribution is -2.47. The normalized spacial score (nSPS) is 23.2. The summed E-state index contributed by atoms with van der Waals surface area (Å²) in [5.74, 6) is 0.308. The molecule has 3 fully saturated rings. The maximum atomic E-state index is 11.7. The smallest absolute Gasteiger partial charge is 0.224 e. The molecule has 0 unspecified atom stereocenters. The molecule has 30 heavy (non-hydrogen) atoms. The molecule has 0 aromatic carbocycles. The van der Waals surface area contributed by atoms with Crippen LogP contribution in [0.15, 0.2) is 6.07 Å². The third kappa shape index (κ3) is 4.04. The molecule has 0 N–H and O–H groups in total. The first kappa shape index (κ1) is 20.8. The van der Waals surface area contributed by atoms with E-state index in [4.69, 9.17) is 21.1 Å². The first-order valence-electron chi connectivity index (χ1n) is 9.98. The summed E-state index contributed by atoms with van der Waals surface area (Å²) < 4.78 is 37.7. The van der Waals surface area contributed by atoms with E-state index in [0.29, 0.717) is 45.9 Å². The van der Waals surface area contributed by atoms with Gasteiger partial charge in [-0.1, -0.05) is 0 Å². The topological polar surface area (TPSA) is 88.1 Å². The van der Waals surface area contributed by atoms with Crippen LogP contribution in [-0.4, -0.2) is 92.1 Å². The lowest BCUT2D eigenvalue weighted by atomic mass is 10.2. The Balaban J connectivity index is 1.34. The Morgan fingerprint density at radius 2 is 1.90 bits per heavy atom. The standard InChI is InChI=1S/C18H24ClN5O4S2/c1-30(25,26)24-6-4-22(5-7-24)11-13-10-14-15(29-13)16(21-17(19)20-14)23-3-2-18(12-23)27-8-9-28-18/h10H,2-9,11-12H2,1H3. The highest BCUT2D eigenvalue weighted by Gasteiger charge is 2.44. The predicted molar refractivity (Wildman–Crippen MR) is 116 cm³/mol. The van der Waals surface area contributed by atoms with E-state index in [2.05, 4.69) is 25.8 Å². The molecule has 164 valence electrons. The van der Waals surface area contributed by atoms with Gasteiger partial charge in [0, 0.05) is 50.6 Å². The lowest BCUT2D eigenvalue weighted by Gasteiger charge is -2.32. The molecule has 0 atom stereocenters. The maximum absolute atomic E-state index is 11.7. The van der Waals surface area contributed by atoms with Crippen LogP contribution in [0.4, 0.5) is 5.82 Å². The van der Waals surface area contributed by atoms with E-state index in [9.17, 15) is 8.42 Å². The molecule has 0 radical (unpaired) electrons. The van der Waals surface area contributed by atoms with Crippen molar-refractivity contribution in [3.8, 4) is 0 Å². The van der Waals surface area contributed by atoms with Gasteiger partial charge < -0.3 is 14.4 Å². The van der Waals surface area contributed by atoms with Gasteiger partial charge in [0.1, 0.15) is 0 Å². The highest BCUT2D eigenvalue weighted by molar-refractivity contribution is 7.88. The second-order valence-corrected chi connectivity index (χ2v) is 11.4. The van der Waals surface area contributed by atoms with Gasteiger partial charge in [0.2, 0.25) is 15.3 Å². The molecule has 0 amide bonds. The molecule has 3 aliphatic heterocycles. The first-order chi connectivity index (χ1) is 14.3. The van der Waals surface area contributed by atoms with Crippen LogP contribution in [0.1, 0.15) is 11.3 Å². The fourth-order valence-electron chi connectivity index (χ4n) is 4.34. The van der Waals surface area contributed by atoms with Crippen molar-refractivity contribution in [2.45, 2.75) is 18.8 Å². The van der Waals surface area contributed by atoms with Crippen molar-refractivity contribution in [1.82, 2.24) is 19.2 Å². The number of anilines is 1. The van der Waals surface area contributed by atoms with Gasteiger partial charge in [0.25, 0.3) is 0 Å². The van der Waals surface area contributed by atoms with E-state index in [1.54, 1.807) is 11.3 Å². The molecule has 3 saturated heterocycles. The van der Waals surface area contributed by atoms with Gasteiger partial charge in [0.05, 0.1) is 36.2 Å². The van der Waals surface area contributed by atoms with E-state index >= 15 is 0 Å². The van der Waals surface area contributed by atoms with Gasteiger partial charge in [-0.25, -0.2) is 13.4 Å². The van der Waals surface area contributed by atoms with E-state index in [1.165, 1.54) is 10.6 Å². The van der Waals surface area contributed by atoms with Crippen LogP contribution in [0.25, 0.3) is 10.2 Å². The Kier molecular flexibility index (Phi) is 5.41. The van der Waals surface area contributed by atoms with Crippen LogP contribution in [0, 0.1) is 0 Å². The summed E-state index contributed by atoms with van der Waals surface area (Å²) in [6.07, 6.45) is 2.07. The summed E-state index contributed by atoms with van der Waals surface area (Å²) in [5, 5.41) is 0.234. The summed E-state index contributed by atoms with van der Waals surface area (Å²) in [6.45, 7) is 5.92. The number of fused-ring (bicyclic) bond motifs is 1. The Labute approximate surface area is 184 Å². The van der Waals surface area contributed by atoms with Gasteiger partial charge in [-0.3, -0.25) is 4.90 Å². The fourth-order valence-corrected chi connectivity index (χ4v) is 6.49. The number of aromatic nitrogens is 2. The molecule has 0 aliphatic carbocycles. The van der Waals surface area contributed by atoms with E-state index in [-0.39, 0.29) is 5.28 Å². The Bertz CT molecular complexity index is 1050. The Morgan fingerprint density at radius 3 is 2.60 bits per heavy atom. The second kappa shape index (κ2) is 7.80. The number of nitrogens with zero attached hydrogens (tertiary/aromatic N) is 5. The number of thiophene rings is 1. The number of halogens is 1. The zero-order chi connectivity index (χ0) is 20.9. The van der Waals surface area contributed by atoms with Crippen LogP contribution in [-0.2, 0) is 26.0 Å². The zero-order valence-corrected chi connectivity index (χ0v) is 19.1. The number of hydrogen-bond acceptors (Lipinski definition) is 9. The lowest BCUT2D eigenvalue weighted by molar-refractivity contribution is -0.137. The van der Waals surface area contributed by atoms with Gasteiger partial charge in [0.15, 0.2) is 11.6 Å². The molecule has 5 rings (SSSR count). The summed E-state index contributed by atoms with van der Waals surface area (Å²) in [5.41, 5.74) is 0.842. The summed E-state index contributed by atoms with van der Waals surface area (Å²) in [4.78, 5) is 14.6. The molecule has 9 nitrogen and oxygen atoms in total. The average Bonchev–Trinajstić information content (AvgIpc) is 3.42. The van der Waals surface area contributed by atoms with Crippen molar-refractivity contribution < 1.29 is 17.9 Å². The molecule has 12 heteroatoms. The minimum atomic E-state index is -3.12. The van der Waals surface area contributed by atoms with Gasteiger partial charge in [-0.05, 0) is 17.7 Å². The van der Waals surface area contributed by atoms with Crippen molar-refractivity contribution in [2.24, 2.45) is 0 Å². The predicted octanol–water partition coefficient (Wildman–Crippen LogP) is 1.38. The van der Waals surface area contributed by atoms with Crippen molar-refractivity contribution in [1.29, 1.82) is 0 Å². The zero-order valence-electron chi connectivity index (χ0n) is 16.7. The molecular weight excluding hydrogens is 450 g/mol. The number of rotatable bonds is 4. The van der Waals surface area contributed by atoms with Crippen LogP contribution in [0.3, 0.4) is 0 Å².